The number of benzene rings is 3. The minimum absolute atomic E-state index is 0.0453. The van der Waals surface area contributed by atoms with Gasteiger partial charge in [-0.15, -0.1) is 0 Å². The molecule has 0 bridgehead atoms. The number of hydrogen-bond donors (Lipinski definition) is 0. The highest BCUT2D eigenvalue weighted by Gasteiger charge is 2.38. The lowest BCUT2D eigenvalue weighted by Gasteiger charge is -2.44. The lowest BCUT2D eigenvalue weighted by molar-refractivity contribution is 0.319. The van der Waals surface area contributed by atoms with Gasteiger partial charge in [-0.25, -0.2) is 0 Å². The van der Waals surface area contributed by atoms with Gasteiger partial charge in [0.15, 0.2) is 0 Å². The monoisotopic (exact) mass is 370 g/mol. The van der Waals surface area contributed by atoms with Gasteiger partial charge in [0.05, 0.1) is 12.1 Å². The number of nitrogens with zero attached hydrogens (tertiary/aromatic N) is 2. The summed E-state index contributed by atoms with van der Waals surface area (Å²) in [6.07, 6.45) is 0. The van der Waals surface area contributed by atoms with E-state index in [1.807, 2.05) is 30.3 Å². The highest BCUT2D eigenvalue weighted by Crippen LogP contribution is 2.39. The van der Waals surface area contributed by atoms with Crippen LogP contribution in [0, 0.1) is 11.3 Å². The maximum Gasteiger partial charge on any atom is 0.122 e. The maximum atomic E-state index is 10.2. The topological polar surface area (TPSA) is 27.0 Å². The Kier molecular flexibility index (Phi) is 5.90. The van der Waals surface area contributed by atoms with Crippen molar-refractivity contribution in [2.75, 3.05) is 0 Å². The van der Waals surface area contributed by atoms with Gasteiger partial charge in [0.2, 0.25) is 0 Å². The summed E-state index contributed by atoms with van der Waals surface area (Å²) in [7, 11) is -1.87. The molecule has 0 aliphatic rings. The van der Waals surface area contributed by atoms with Crippen LogP contribution in [0.2, 0.25) is 19.6 Å². The van der Waals surface area contributed by atoms with E-state index in [2.05, 4.69) is 90.9 Å². The van der Waals surface area contributed by atoms with E-state index in [0.717, 1.165) is 5.56 Å². The molecule has 0 heterocycles. The summed E-state index contributed by atoms with van der Waals surface area (Å²) < 4.78 is 2.47. The Hall–Kier alpha value is -2.67. The summed E-state index contributed by atoms with van der Waals surface area (Å²) in [5, 5.41) is 10.2. The quantitative estimate of drug-likeness (QED) is 0.485. The molecular formula is C24H26N2Si. The van der Waals surface area contributed by atoms with E-state index < -0.39 is 8.24 Å². The van der Waals surface area contributed by atoms with E-state index in [1.165, 1.54) is 11.1 Å². The fourth-order valence-corrected chi connectivity index (χ4v) is 5.69. The minimum Gasteiger partial charge on any atom is -0.295 e. The molecule has 3 heteroatoms. The van der Waals surface area contributed by atoms with Gasteiger partial charge in [0.1, 0.15) is 14.3 Å². The molecule has 0 aliphatic heterocycles. The molecule has 0 aromatic heterocycles. The van der Waals surface area contributed by atoms with Crippen molar-refractivity contribution in [3.05, 3.63) is 108 Å². The largest absolute Gasteiger partial charge is 0.295 e. The molecule has 0 spiro atoms. The molecular weight excluding hydrogens is 344 g/mol. The second kappa shape index (κ2) is 8.35. The molecule has 27 heavy (non-hydrogen) atoms. The molecule has 0 saturated carbocycles. The molecule has 0 radical (unpaired) electrons. The highest BCUT2D eigenvalue weighted by atomic mass is 28.3. The van der Waals surface area contributed by atoms with E-state index >= 15 is 0 Å². The van der Waals surface area contributed by atoms with Gasteiger partial charge in [-0.1, -0.05) is 111 Å². The predicted octanol–water partition coefficient (Wildman–Crippen LogP) is 6.18. The van der Waals surface area contributed by atoms with Gasteiger partial charge in [-0.05, 0) is 16.7 Å². The number of nitriles is 1. The van der Waals surface area contributed by atoms with E-state index in [1.54, 1.807) is 0 Å². The van der Waals surface area contributed by atoms with Gasteiger partial charge in [0, 0.05) is 0 Å². The zero-order chi connectivity index (χ0) is 19.3. The van der Waals surface area contributed by atoms with Crippen LogP contribution < -0.4 is 0 Å². The molecule has 0 fully saturated rings. The van der Waals surface area contributed by atoms with Crippen molar-refractivity contribution in [1.29, 1.82) is 5.26 Å². The summed E-state index contributed by atoms with van der Waals surface area (Å²) >= 11 is 0. The summed E-state index contributed by atoms with van der Waals surface area (Å²) in [6.45, 7) is 6.96. The van der Waals surface area contributed by atoms with Crippen molar-refractivity contribution >= 4 is 8.24 Å². The summed E-state index contributed by atoms with van der Waals surface area (Å²) in [6, 6.07) is 33.6. The molecule has 0 saturated heterocycles. The Bertz CT molecular complexity index is 841. The van der Waals surface area contributed by atoms with Crippen molar-refractivity contribution < 1.29 is 0 Å². The van der Waals surface area contributed by atoms with Crippen LogP contribution >= 0.6 is 0 Å². The second-order valence-corrected chi connectivity index (χ2v) is 12.6. The van der Waals surface area contributed by atoms with Crippen LogP contribution in [-0.4, -0.2) is 12.8 Å². The second-order valence-electron chi connectivity index (χ2n) is 7.74. The maximum absolute atomic E-state index is 10.2. The predicted molar refractivity (Wildman–Crippen MR) is 115 cm³/mol. The van der Waals surface area contributed by atoms with Crippen LogP contribution in [0.15, 0.2) is 91.0 Å². The van der Waals surface area contributed by atoms with E-state index in [4.69, 9.17) is 0 Å². The molecule has 3 aromatic carbocycles. The third-order valence-corrected chi connectivity index (χ3v) is 6.86. The Labute approximate surface area is 163 Å². The fourth-order valence-electron chi connectivity index (χ4n) is 3.64. The van der Waals surface area contributed by atoms with Crippen LogP contribution in [0.1, 0.15) is 28.8 Å². The lowest BCUT2D eigenvalue weighted by Crippen LogP contribution is -2.50. The molecule has 136 valence electrons. The summed E-state index contributed by atoms with van der Waals surface area (Å²) in [4.78, 5) is 0. The highest BCUT2D eigenvalue weighted by molar-refractivity contribution is 6.73. The van der Waals surface area contributed by atoms with Crippen molar-refractivity contribution in [2.45, 2.75) is 31.7 Å². The van der Waals surface area contributed by atoms with E-state index in [0.29, 0.717) is 0 Å². The number of rotatable bonds is 6. The average Bonchev–Trinajstić information content (AvgIpc) is 2.69. The van der Waals surface area contributed by atoms with E-state index in [-0.39, 0.29) is 12.1 Å². The van der Waals surface area contributed by atoms with Gasteiger partial charge in [0.25, 0.3) is 0 Å². The Balaban J connectivity index is 2.20. The zero-order valence-electron chi connectivity index (χ0n) is 16.2. The lowest BCUT2D eigenvalue weighted by atomic mass is 9.96. The Morgan fingerprint density at radius 1 is 0.667 bits per heavy atom. The normalized spacial score (nSPS) is 12.7. The average molecular weight is 371 g/mol. The van der Waals surface area contributed by atoms with Gasteiger partial charge >= 0.3 is 0 Å². The molecule has 3 rings (SSSR count). The Morgan fingerprint density at radius 2 is 1.04 bits per heavy atom. The van der Waals surface area contributed by atoms with Crippen molar-refractivity contribution in [3.8, 4) is 6.07 Å². The van der Waals surface area contributed by atoms with Gasteiger partial charge in [-0.2, -0.15) is 5.26 Å². The zero-order valence-corrected chi connectivity index (χ0v) is 17.2. The first kappa shape index (κ1) is 19.1. The van der Waals surface area contributed by atoms with Gasteiger partial charge < -0.3 is 0 Å². The smallest absolute Gasteiger partial charge is 0.122 e. The molecule has 3 aromatic rings. The first-order valence-corrected chi connectivity index (χ1v) is 12.8. The summed E-state index contributed by atoms with van der Waals surface area (Å²) in [5.74, 6) is 0. The standard InChI is InChI=1S/C24H26N2Si/c1-27(2,3)26(23(19-25)20-13-7-4-8-14-20)24(21-15-9-5-10-16-21)22-17-11-6-12-18-22/h4-18,23-24H,1-3H3/t23-/m0/s1. The van der Waals surface area contributed by atoms with Crippen molar-refractivity contribution in [3.63, 3.8) is 0 Å². The SMILES string of the molecule is C[Si](C)(C)N(C(c1ccccc1)c1ccccc1)[C@@H](C#N)c1ccccc1. The van der Waals surface area contributed by atoms with E-state index in [9.17, 15) is 5.26 Å². The molecule has 0 amide bonds. The van der Waals surface area contributed by atoms with Crippen LogP contribution in [0.25, 0.3) is 0 Å². The van der Waals surface area contributed by atoms with Gasteiger partial charge in [-0.3, -0.25) is 4.57 Å². The van der Waals surface area contributed by atoms with Crippen LogP contribution in [0.5, 0.6) is 0 Å². The third kappa shape index (κ3) is 4.36. The summed E-state index contributed by atoms with van der Waals surface area (Å²) in [5.41, 5.74) is 3.50. The van der Waals surface area contributed by atoms with Crippen LogP contribution in [0.3, 0.4) is 0 Å². The van der Waals surface area contributed by atoms with Crippen molar-refractivity contribution in [2.24, 2.45) is 0 Å². The van der Waals surface area contributed by atoms with Crippen LogP contribution in [-0.2, 0) is 0 Å². The Morgan fingerprint density at radius 3 is 1.37 bits per heavy atom. The minimum atomic E-state index is -1.87. The molecule has 0 unspecified atom stereocenters. The molecule has 0 aliphatic carbocycles. The first-order chi connectivity index (χ1) is 13.0. The van der Waals surface area contributed by atoms with Crippen LogP contribution in [0.4, 0.5) is 0 Å². The van der Waals surface area contributed by atoms with Crippen molar-refractivity contribution in [1.82, 2.24) is 4.57 Å². The fraction of sp³-hybridized carbons (Fsp3) is 0.208. The molecule has 0 N–H and O–H groups in total. The number of hydrogen-bond acceptors (Lipinski definition) is 2. The third-order valence-electron chi connectivity index (χ3n) is 4.80. The first-order valence-electron chi connectivity index (χ1n) is 9.35. The molecule has 1 atom stereocenters. The molecule has 2 nitrogen and oxygen atoms in total.